The van der Waals surface area contributed by atoms with E-state index in [4.69, 9.17) is 4.99 Å². The molecule has 0 saturated heterocycles. The van der Waals surface area contributed by atoms with Gasteiger partial charge in [-0.3, -0.25) is 4.57 Å². The maximum atomic E-state index is 4.74. The zero-order valence-corrected chi connectivity index (χ0v) is 15.4. The molecule has 0 radical (unpaired) electrons. The van der Waals surface area contributed by atoms with E-state index in [1.54, 1.807) is 11.3 Å². The first-order valence-electron chi connectivity index (χ1n) is 8.39. The molecule has 0 atom stereocenters. The topological polar surface area (TPSA) is 43.1 Å². The summed E-state index contributed by atoms with van der Waals surface area (Å²) in [5.74, 6) is 0.494. The molecule has 4 rings (SSSR count). The van der Waals surface area contributed by atoms with Gasteiger partial charge in [-0.2, -0.15) is 4.99 Å². The SMILES string of the molecule is Cc1cc(C)nc(N=c2scc(-c3ccccc3)n2-c2ccccc2)n1. The maximum Gasteiger partial charge on any atom is 0.252 e. The molecular formula is C21H18N4S. The van der Waals surface area contributed by atoms with Gasteiger partial charge in [0.05, 0.1) is 5.69 Å². The number of hydrogen-bond donors (Lipinski definition) is 0. The van der Waals surface area contributed by atoms with Crippen molar-refractivity contribution >= 4 is 17.3 Å². The average molecular weight is 358 g/mol. The molecule has 2 aromatic heterocycles. The second-order valence-electron chi connectivity index (χ2n) is 6.00. The Morgan fingerprint density at radius 2 is 1.46 bits per heavy atom. The Kier molecular flexibility index (Phi) is 4.46. The van der Waals surface area contributed by atoms with Gasteiger partial charge in [0.15, 0.2) is 4.80 Å². The van der Waals surface area contributed by atoms with Gasteiger partial charge in [-0.05, 0) is 37.6 Å². The van der Waals surface area contributed by atoms with Gasteiger partial charge >= 0.3 is 0 Å². The van der Waals surface area contributed by atoms with E-state index in [1.807, 2.05) is 56.3 Å². The minimum Gasteiger partial charge on any atom is -0.285 e. The lowest BCUT2D eigenvalue weighted by atomic mass is 10.1. The lowest BCUT2D eigenvalue weighted by Crippen LogP contribution is -2.14. The third kappa shape index (κ3) is 3.34. The molecule has 26 heavy (non-hydrogen) atoms. The van der Waals surface area contributed by atoms with Crippen LogP contribution in [0.2, 0.25) is 0 Å². The predicted molar refractivity (Wildman–Crippen MR) is 106 cm³/mol. The van der Waals surface area contributed by atoms with Crippen molar-refractivity contribution in [3.8, 4) is 16.9 Å². The van der Waals surface area contributed by atoms with Crippen molar-refractivity contribution in [2.45, 2.75) is 13.8 Å². The van der Waals surface area contributed by atoms with Crippen LogP contribution < -0.4 is 4.80 Å². The van der Waals surface area contributed by atoms with Gasteiger partial charge in [-0.1, -0.05) is 48.5 Å². The zero-order valence-electron chi connectivity index (χ0n) is 14.6. The molecule has 0 unspecified atom stereocenters. The van der Waals surface area contributed by atoms with Gasteiger partial charge in [0, 0.05) is 22.5 Å². The van der Waals surface area contributed by atoms with Crippen molar-refractivity contribution in [2.75, 3.05) is 0 Å². The molecule has 0 aliphatic carbocycles. The number of nitrogens with zero attached hydrogens (tertiary/aromatic N) is 4. The molecule has 4 aromatic rings. The lowest BCUT2D eigenvalue weighted by molar-refractivity contribution is 0.969. The third-order valence-electron chi connectivity index (χ3n) is 3.96. The Hall–Kier alpha value is -3.05. The van der Waals surface area contributed by atoms with Crippen LogP contribution in [0, 0.1) is 13.8 Å². The second kappa shape index (κ2) is 7.06. The van der Waals surface area contributed by atoms with Crippen molar-refractivity contribution in [2.24, 2.45) is 4.99 Å². The summed E-state index contributed by atoms with van der Waals surface area (Å²) in [5.41, 5.74) is 5.15. The van der Waals surface area contributed by atoms with Gasteiger partial charge < -0.3 is 0 Å². The van der Waals surface area contributed by atoms with E-state index in [0.717, 1.165) is 33.1 Å². The maximum absolute atomic E-state index is 4.74. The number of thiazole rings is 1. The fourth-order valence-electron chi connectivity index (χ4n) is 2.87. The van der Waals surface area contributed by atoms with E-state index in [9.17, 15) is 0 Å². The van der Waals surface area contributed by atoms with Crippen LogP contribution in [0.5, 0.6) is 0 Å². The molecular weight excluding hydrogens is 340 g/mol. The van der Waals surface area contributed by atoms with Crippen LogP contribution >= 0.6 is 11.3 Å². The highest BCUT2D eigenvalue weighted by molar-refractivity contribution is 7.07. The minimum atomic E-state index is 0.494. The molecule has 0 aliphatic heterocycles. The van der Waals surface area contributed by atoms with E-state index in [-0.39, 0.29) is 0 Å². The summed E-state index contributed by atoms with van der Waals surface area (Å²) < 4.78 is 2.15. The van der Waals surface area contributed by atoms with Crippen molar-refractivity contribution in [1.82, 2.24) is 14.5 Å². The second-order valence-corrected chi connectivity index (χ2v) is 6.84. The van der Waals surface area contributed by atoms with E-state index in [1.165, 1.54) is 0 Å². The molecule has 2 aromatic carbocycles. The van der Waals surface area contributed by atoms with E-state index < -0.39 is 0 Å². The molecule has 0 saturated carbocycles. The summed E-state index contributed by atoms with van der Waals surface area (Å²) in [6, 6.07) is 22.5. The number of benzene rings is 2. The van der Waals surface area contributed by atoms with Crippen molar-refractivity contribution < 1.29 is 0 Å². The summed E-state index contributed by atoms with van der Waals surface area (Å²) >= 11 is 1.59. The molecule has 0 aliphatic rings. The van der Waals surface area contributed by atoms with Gasteiger partial charge in [0.2, 0.25) is 0 Å². The van der Waals surface area contributed by atoms with Crippen molar-refractivity contribution in [3.05, 3.63) is 88.3 Å². The van der Waals surface area contributed by atoms with Gasteiger partial charge in [-0.25, -0.2) is 9.97 Å². The summed E-state index contributed by atoms with van der Waals surface area (Å²) in [4.78, 5) is 14.5. The van der Waals surface area contributed by atoms with Gasteiger partial charge in [0.1, 0.15) is 0 Å². The Labute approximate surface area is 156 Å². The van der Waals surface area contributed by atoms with Crippen LogP contribution in [0.1, 0.15) is 11.4 Å². The summed E-state index contributed by atoms with van der Waals surface area (Å²) in [6.45, 7) is 3.92. The third-order valence-corrected chi connectivity index (χ3v) is 4.78. The van der Waals surface area contributed by atoms with Gasteiger partial charge in [0.25, 0.3) is 5.95 Å². The number of para-hydroxylation sites is 1. The summed E-state index contributed by atoms with van der Waals surface area (Å²) in [5, 5.41) is 2.13. The van der Waals surface area contributed by atoms with Crippen LogP contribution in [0.3, 0.4) is 0 Å². The highest BCUT2D eigenvalue weighted by atomic mass is 32.1. The zero-order chi connectivity index (χ0) is 17.9. The first-order chi connectivity index (χ1) is 12.7. The van der Waals surface area contributed by atoms with E-state index in [0.29, 0.717) is 5.95 Å². The number of aromatic nitrogens is 3. The number of rotatable bonds is 3. The van der Waals surface area contributed by atoms with E-state index >= 15 is 0 Å². The molecule has 4 nitrogen and oxygen atoms in total. The molecule has 0 fully saturated rings. The number of hydrogen-bond acceptors (Lipinski definition) is 4. The molecule has 2 heterocycles. The fraction of sp³-hybridized carbons (Fsp3) is 0.0952. The fourth-order valence-corrected chi connectivity index (χ4v) is 3.77. The number of aryl methyl sites for hydroxylation is 2. The van der Waals surface area contributed by atoms with Crippen LogP contribution in [-0.4, -0.2) is 14.5 Å². The molecule has 0 bridgehead atoms. The van der Waals surface area contributed by atoms with Crippen LogP contribution in [0.15, 0.2) is 77.1 Å². The first kappa shape index (κ1) is 16.4. The Balaban J connectivity index is 1.96. The van der Waals surface area contributed by atoms with Crippen molar-refractivity contribution in [3.63, 3.8) is 0 Å². The molecule has 0 amide bonds. The monoisotopic (exact) mass is 358 g/mol. The molecule has 5 heteroatoms. The standard InChI is InChI=1S/C21H18N4S/c1-15-13-16(2)23-20(22-15)24-21-25(18-11-7-4-8-12-18)19(14-26-21)17-9-5-3-6-10-17/h3-14H,1-2H3. The lowest BCUT2D eigenvalue weighted by Gasteiger charge is -2.09. The van der Waals surface area contributed by atoms with Gasteiger partial charge in [-0.15, -0.1) is 11.3 Å². The van der Waals surface area contributed by atoms with E-state index in [2.05, 4.69) is 44.2 Å². The average Bonchev–Trinajstić information content (AvgIpc) is 3.06. The Morgan fingerprint density at radius 3 is 2.12 bits per heavy atom. The Morgan fingerprint density at radius 1 is 0.846 bits per heavy atom. The quantitative estimate of drug-likeness (QED) is 0.526. The van der Waals surface area contributed by atoms with Crippen LogP contribution in [-0.2, 0) is 0 Å². The van der Waals surface area contributed by atoms with Crippen LogP contribution in [0.4, 0.5) is 5.95 Å². The highest BCUT2D eigenvalue weighted by Crippen LogP contribution is 2.23. The highest BCUT2D eigenvalue weighted by Gasteiger charge is 2.10. The molecule has 0 spiro atoms. The van der Waals surface area contributed by atoms with Crippen LogP contribution in [0.25, 0.3) is 16.9 Å². The normalized spacial score (nSPS) is 11.7. The minimum absolute atomic E-state index is 0.494. The molecule has 0 N–H and O–H groups in total. The predicted octanol–water partition coefficient (Wildman–Crippen LogP) is 4.85. The first-order valence-corrected chi connectivity index (χ1v) is 9.27. The largest absolute Gasteiger partial charge is 0.285 e. The summed E-state index contributed by atoms with van der Waals surface area (Å²) in [7, 11) is 0. The summed E-state index contributed by atoms with van der Waals surface area (Å²) in [6.07, 6.45) is 0. The Bertz CT molecular complexity index is 1080. The van der Waals surface area contributed by atoms with Crippen molar-refractivity contribution in [1.29, 1.82) is 0 Å². The molecule has 128 valence electrons. The smallest absolute Gasteiger partial charge is 0.252 e.